The van der Waals surface area contributed by atoms with Crippen LogP contribution in [0.1, 0.15) is 28.4 Å². The second-order valence-electron chi connectivity index (χ2n) is 8.44. The van der Waals surface area contributed by atoms with Crippen molar-refractivity contribution in [2.24, 2.45) is 5.92 Å². The van der Waals surface area contributed by atoms with E-state index in [-0.39, 0.29) is 28.0 Å². The number of carbonyl (C=O) groups excluding carboxylic acids is 1. The van der Waals surface area contributed by atoms with Gasteiger partial charge >= 0.3 is 11.9 Å². The molecule has 5 aliphatic carbocycles. The molecule has 3 N–H and O–H groups in total. The summed E-state index contributed by atoms with van der Waals surface area (Å²) in [6, 6.07) is 8.64. The SMILES string of the molecule is Cc1c(C(=O)O)c2cccccc-2c1C1=C(O)C(=C2C3=CC=CC=CC3=C(C(=O)O)C2C)C1=O. The van der Waals surface area contributed by atoms with Gasteiger partial charge in [0, 0.05) is 11.5 Å². The summed E-state index contributed by atoms with van der Waals surface area (Å²) in [6.07, 6.45) is 8.70. The standard InChI is InChI=1S/C28H20O6/c1-13-19(15-9-5-3-7-11-17(15)21(13)27(31)32)23-25(29)24(26(23)30)20-14(2)22(28(33)34)18-12-8-4-6-10-16(18)20/h3-13,29H,1-2H3,(H,31,32)(H,33,34). The van der Waals surface area contributed by atoms with Crippen molar-refractivity contribution in [1.82, 2.24) is 0 Å². The molecule has 0 amide bonds. The van der Waals surface area contributed by atoms with E-state index in [0.29, 0.717) is 39.0 Å². The largest absolute Gasteiger partial charge is 0.506 e. The third-order valence-electron chi connectivity index (χ3n) is 6.70. The van der Waals surface area contributed by atoms with E-state index in [1.54, 1.807) is 74.6 Å². The molecule has 1 atom stereocenters. The summed E-state index contributed by atoms with van der Waals surface area (Å²) in [7, 11) is 0. The Bertz CT molecular complexity index is 1490. The Morgan fingerprint density at radius 2 is 1.62 bits per heavy atom. The second kappa shape index (κ2) is 7.56. The number of aliphatic carboxylic acids is 1. The first kappa shape index (κ1) is 21.4. The summed E-state index contributed by atoms with van der Waals surface area (Å²) in [5.74, 6) is -3.47. The smallest absolute Gasteiger partial charge is 0.336 e. The van der Waals surface area contributed by atoms with Gasteiger partial charge in [0.15, 0.2) is 0 Å². The number of ketones is 1. The Morgan fingerprint density at radius 1 is 0.912 bits per heavy atom. The molecule has 0 aromatic rings. The van der Waals surface area contributed by atoms with E-state index >= 15 is 0 Å². The average molecular weight is 452 g/mol. The highest BCUT2D eigenvalue weighted by Gasteiger charge is 2.45. The van der Waals surface area contributed by atoms with Crippen LogP contribution < -0.4 is 0 Å². The molecule has 34 heavy (non-hydrogen) atoms. The van der Waals surface area contributed by atoms with Gasteiger partial charge in [0.1, 0.15) is 5.76 Å². The van der Waals surface area contributed by atoms with Gasteiger partial charge in [-0.2, -0.15) is 0 Å². The lowest BCUT2D eigenvalue weighted by molar-refractivity contribution is -0.133. The third-order valence-corrected chi connectivity index (χ3v) is 6.70. The predicted octanol–water partition coefficient (Wildman–Crippen LogP) is 5.03. The zero-order chi connectivity index (χ0) is 24.3. The van der Waals surface area contributed by atoms with Crippen molar-refractivity contribution in [3.8, 4) is 11.1 Å². The van der Waals surface area contributed by atoms with Gasteiger partial charge in [-0.25, -0.2) is 9.59 Å². The lowest BCUT2D eigenvalue weighted by Crippen LogP contribution is -2.25. The van der Waals surface area contributed by atoms with E-state index in [2.05, 4.69) is 0 Å². The Kier molecular flexibility index (Phi) is 4.76. The van der Waals surface area contributed by atoms with Crippen molar-refractivity contribution in [2.45, 2.75) is 13.8 Å². The normalized spacial score (nSPS) is 21.5. The van der Waals surface area contributed by atoms with Gasteiger partial charge in [-0.3, -0.25) is 4.79 Å². The molecule has 6 nitrogen and oxygen atoms in total. The topological polar surface area (TPSA) is 112 Å². The minimum atomic E-state index is -1.11. The fraction of sp³-hybridized carbons (Fsp3) is 0.107. The van der Waals surface area contributed by atoms with Crippen LogP contribution in [0, 0.1) is 12.8 Å². The van der Waals surface area contributed by atoms with E-state index in [9.17, 15) is 29.7 Å². The number of aliphatic hydroxyl groups is 1. The van der Waals surface area contributed by atoms with E-state index in [1.165, 1.54) is 0 Å². The zero-order valence-corrected chi connectivity index (χ0v) is 18.4. The van der Waals surface area contributed by atoms with Crippen LogP contribution in [0.3, 0.4) is 0 Å². The number of aromatic carboxylic acids is 1. The monoisotopic (exact) mass is 452 g/mol. The summed E-state index contributed by atoms with van der Waals surface area (Å²) in [6.45, 7) is 3.33. The molecule has 1 unspecified atom stereocenters. The molecule has 0 aliphatic heterocycles. The molecule has 5 rings (SSSR count). The quantitative estimate of drug-likeness (QED) is 0.563. The first-order chi connectivity index (χ1) is 16.3. The summed E-state index contributed by atoms with van der Waals surface area (Å²) in [5.41, 5.74) is 3.78. The number of carboxylic acids is 2. The van der Waals surface area contributed by atoms with Crippen molar-refractivity contribution in [2.75, 3.05) is 0 Å². The second-order valence-corrected chi connectivity index (χ2v) is 8.44. The van der Waals surface area contributed by atoms with Crippen molar-refractivity contribution in [3.05, 3.63) is 111 Å². The van der Waals surface area contributed by atoms with Crippen molar-refractivity contribution >= 4 is 23.3 Å². The van der Waals surface area contributed by atoms with Gasteiger partial charge in [-0.1, -0.05) is 67.6 Å². The fourth-order valence-corrected chi connectivity index (χ4v) is 5.27. The number of aliphatic hydroxyl groups excluding tert-OH is 1. The van der Waals surface area contributed by atoms with Gasteiger partial charge in [0.25, 0.3) is 0 Å². The molecule has 6 heteroatoms. The molecule has 0 spiro atoms. The maximum Gasteiger partial charge on any atom is 0.336 e. The van der Waals surface area contributed by atoms with Crippen LogP contribution in [0.15, 0.2) is 94.3 Å². The van der Waals surface area contributed by atoms with Gasteiger partial charge in [0.2, 0.25) is 5.78 Å². The highest BCUT2D eigenvalue weighted by atomic mass is 16.4. The minimum absolute atomic E-state index is 0.0570. The summed E-state index contributed by atoms with van der Waals surface area (Å²) in [4.78, 5) is 37.6. The molecule has 0 aromatic carbocycles. The highest BCUT2D eigenvalue weighted by Crippen LogP contribution is 2.52. The Morgan fingerprint density at radius 3 is 2.26 bits per heavy atom. The summed E-state index contributed by atoms with van der Waals surface area (Å²) < 4.78 is 0. The van der Waals surface area contributed by atoms with Crippen LogP contribution in [0.2, 0.25) is 0 Å². The van der Waals surface area contributed by atoms with Crippen LogP contribution in [-0.4, -0.2) is 33.0 Å². The molecule has 0 bridgehead atoms. The van der Waals surface area contributed by atoms with Gasteiger partial charge in [-0.05, 0) is 40.3 Å². The number of rotatable bonds is 3. The molecule has 168 valence electrons. The number of Topliss-reactive ketones (excluding diaryl/α,β-unsaturated/α-hetero) is 1. The minimum Gasteiger partial charge on any atom is -0.506 e. The van der Waals surface area contributed by atoms with Gasteiger partial charge in [-0.15, -0.1) is 0 Å². The summed E-state index contributed by atoms with van der Waals surface area (Å²) in [5, 5.41) is 30.8. The van der Waals surface area contributed by atoms with E-state index in [4.69, 9.17) is 0 Å². The van der Waals surface area contributed by atoms with E-state index < -0.39 is 23.6 Å². The molecule has 0 fully saturated rings. The van der Waals surface area contributed by atoms with Crippen molar-refractivity contribution in [3.63, 3.8) is 0 Å². The summed E-state index contributed by atoms with van der Waals surface area (Å²) >= 11 is 0. The first-order valence-electron chi connectivity index (χ1n) is 10.8. The number of hydrogen-bond acceptors (Lipinski definition) is 4. The predicted molar refractivity (Wildman–Crippen MR) is 127 cm³/mol. The van der Waals surface area contributed by atoms with Crippen LogP contribution in [0.5, 0.6) is 0 Å². The number of hydrogen-bond donors (Lipinski definition) is 3. The lowest BCUT2D eigenvalue weighted by atomic mass is 9.76. The van der Waals surface area contributed by atoms with Gasteiger partial charge in [0.05, 0.1) is 22.3 Å². The number of fused-ring (bicyclic) bond motifs is 2. The highest BCUT2D eigenvalue weighted by molar-refractivity contribution is 6.41. The molecule has 0 saturated heterocycles. The molecular weight excluding hydrogens is 432 g/mol. The fourth-order valence-electron chi connectivity index (χ4n) is 5.27. The van der Waals surface area contributed by atoms with Crippen LogP contribution in [0.4, 0.5) is 0 Å². The molecule has 0 aromatic heterocycles. The molecular formula is C28H20O6. The van der Waals surface area contributed by atoms with Crippen LogP contribution >= 0.6 is 0 Å². The maximum atomic E-state index is 13.5. The number of carboxylic acid groups (broad SMARTS) is 2. The number of allylic oxidation sites excluding steroid dienone is 10. The third kappa shape index (κ3) is 2.78. The molecule has 0 radical (unpaired) electrons. The molecule has 5 aliphatic rings. The van der Waals surface area contributed by atoms with E-state index in [1.807, 2.05) is 0 Å². The lowest BCUT2D eigenvalue weighted by Gasteiger charge is -2.26. The average Bonchev–Trinajstić information content (AvgIpc) is 3.01. The van der Waals surface area contributed by atoms with E-state index in [0.717, 1.165) is 0 Å². The van der Waals surface area contributed by atoms with Gasteiger partial charge < -0.3 is 15.3 Å². The Hall–Kier alpha value is -4.45. The van der Waals surface area contributed by atoms with Crippen molar-refractivity contribution in [1.29, 1.82) is 0 Å². The van der Waals surface area contributed by atoms with Crippen LogP contribution in [-0.2, 0) is 9.59 Å². The number of carbonyl (C=O) groups is 3. The Balaban J connectivity index is 1.76. The molecule has 0 heterocycles. The first-order valence-corrected chi connectivity index (χ1v) is 10.8. The Labute approximate surface area is 195 Å². The zero-order valence-electron chi connectivity index (χ0n) is 18.4. The molecule has 0 saturated carbocycles. The van der Waals surface area contributed by atoms with Crippen LogP contribution in [0.25, 0.3) is 16.7 Å². The maximum absolute atomic E-state index is 13.5. The van der Waals surface area contributed by atoms with Crippen molar-refractivity contribution < 1.29 is 29.7 Å².